The monoisotopic (exact) mass is 256 g/mol. The number of unbranched alkanes of at least 4 members (excludes halogenated alkanes) is 1. The number of rotatable bonds is 9. The Bertz CT molecular complexity index is 282. The fraction of sp³-hybridized carbons (Fsp3) is 0.714. The molecule has 0 fully saturated rings. The lowest BCUT2D eigenvalue weighted by molar-refractivity contribution is -0.141. The van der Waals surface area contributed by atoms with E-state index in [1.165, 1.54) is 6.08 Å². The molecule has 0 aromatic heterocycles. The van der Waals surface area contributed by atoms with Crippen molar-refractivity contribution in [3.05, 3.63) is 11.6 Å². The van der Waals surface area contributed by atoms with Crippen molar-refractivity contribution in [1.82, 2.24) is 0 Å². The molecule has 0 saturated heterocycles. The van der Waals surface area contributed by atoms with E-state index in [0.29, 0.717) is 25.2 Å². The first-order valence-electron chi connectivity index (χ1n) is 6.70. The number of hydrogen-bond donors (Lipinski definition) is 0. The third kappa shape index (κ3) is 7.87. The first-order chi connectivity index (χ1) is 8.65. The lowest BCUT2D eigenvalue weighted by atomic mass is 10.1. The van der Waals surface area contributed by atoms with E-state index in [4.69, 9.17) is 9.47 Å². The minimum atomic E-state index is -0.462. The number of esters is 2. The zero-order valence-electron chi connectivity index (χ0n) is 11.7. The second-order valence-corrected chi connectivity index (χ2v) is 4.08. The molecular formula is C14H24O4. The van der Waals surface area contributed by atoms with Crippen LogP contribution in [-0.4, -0.2) is 25.2 Å². The van der Waals surface area contributed by atoms with Crippen LogP contribution in [-0.2, 0) is 19.1 Å². The van der Waals surface area contributed by atoms with Crippen LogP contribution in [0.3, 0.4) is 0 Å². The molecule has 18 heavy (non-hydrogen) atoms. The summed E-state index contributed by atoms with van der Waals surface area (Å²) in [6.07, 6.45) is 5.18. The second-order valence-electron chi connectivity index (χ2n) is 4.08. The van der Waals surface area contributed by atoms with E-state index in [1.807, 2.05) is 20.8 Å². The van der Waals surface area contributed by atoms with E-state index >= 15 is 0 Å². The highest BCUT2D eigenvalue weighted by atomic mass is 16.5. The molecule has 0 bridgehead atoms. The average Bonchev–Trinajstić information content (AvgIpc) is 2.38. The SMILES string of the molecule is CCCC/C(=C/C(=O)OCCC)C(=O)OCCC. The van der Waals surface area contributed by atoms with Crippen LogP contribution >= 0.6 is 0 Å². The molecule has 0 unspecified atom stereocenters. The molecule has 104 valence electrons. The summed E-state index contributed by atoms with van der Waals surface area (Å²) >= 11 is 0. The van der Waals surface area contributed by atoms with Crippen LogP contribution in [0.2, 0.25) is 0 Å². The summed E-state index contributed by atoms with van der Waals surface area (Å²) in [5.41, 5.74) is 0.409. The van der Waals surface area contributed by atoms with Crippen molar-refractivity contribution in [3.8, 4) is 0 Å². The molecule has 0 heterocycles. The van der Waals surface area contributed by atoms with Gasteiger partial charge < -0.3 is 9.47 Å². The van der Waals surface area contributed by atoms with Gasteiger partial charge in [0, 0.05) is 11.6 Å². The van der Waals surface area contributed by atoms with Crippen LogP contribution in [0.25, 0.3) is 0 Å². The van der Waals surface area contributed by atoms with Crippen molar-refractivity contribution >= 4 is 11.9 Å². The Labute approximate surface area is 109 Å². The van der Waals surface area contributed by atoms with Gasteiger partial charge in [-0.3, -0.25) is 0 Å². The highest BCUT2D eigenvalue weighted by Gasteiger charge is 2.13. The maximum atomic E-state index is 11.7. The summed E-state index contributed by atoms with van der Waals surface area (Å²) in [5.74, 6) is -0.866. The first kappa shape index (κ1) is 16.7. The van der Waals surface area contributed by atoms with Crippen LogP contribution in [0, 0.1) is 0 Å². The Morgan fingerprint density at radius 1 is 0.944 bits per heavy atom. The van der Waals surface area contributed by atoms with Crippen molar-refractivity contribution in [2.75, 3.05) is 13.2 Å². The van der Waals surface area contributed by atoms with Gasteiger partial charge in [-0.2, -0.15) is 0 Å². The third-order valence-corrected chi connectivity index (χ3v) is 2.24. The van der Waals surface area contributed by atoms with Gasteiger partial charge >= 0.3 is 11.9 Å². The summed E-state index contributed by atoms with van der Waals surface area (Å²) in [5, 5.41) is 0. The Morgan fingerprint density at radius 2 is 1.56 bits per heavy atom. The van der Waals surface area contributed by atoms with E-state index in [1.54, 1.807) is 0 Å². The molecule has 0 spiro atoms. The summed E-state index contributed by atoms with van der Waals surface area (Å²) in [7, 11) is 0. The standard InChI is InChI=1S/C14H24O4/c1-4-7-8-12(14(16)18-10-6-3)11-13(15)17-9-5-2/h11H,4-10H2,1-3H3/b12-11-. The molecule has 0 aromatic rings. The van der Waals surface area contributed by atoms with Gasteiger partial charge in [-0.05, 0) is 25.7 Å². The average molecular weight is 256 g/mol. The zero-order valence-corrected chi connectivity index (χ0v) is 11.7. The highest BCUT2D eigenvalue weighted by Crippen LogP contribution is 2.10. The quantitative estimate of drug-likeness (QED) is 0.470. The van der Waals surface area contributed by atoms with Crippen LogP contribution < -0.4 is 0 Å². The molecule has 0 aliphatic heterocycles. The largest absolute Gasteiger partial charge is 0.463 e. The van der Waals surface area contributed by atoms with Crippen molar-refractivity contribution in [2.45, 2.75) is 52.9 Å². The maximum absolute atomic E-state index is 11.7. The van der Waals surface area contributed by atoms with Crippen molar-refractivity contribution < 1.29 is 19.1 Å². The second kappa shape index (κ2) is 10.8. The number of ether oxygens (including phenoxy) is 2. The molecule has 0 radical (unpaired) electrons. The Kier molecular flexibility index (Phi) is 10.0. The van der Waals surface area contributed by atoms with E-state index in [-0.39, 0.29) is 0 Å². The van der Waals surface area contributed by atoms with Gasteiger partial charge in [0.05, 0.1) is 13.2 Å². The van der Waals surface area contributed by atoms with Gasteiger partial charge in [-0.15, -0.1) is 0 Å². The van der Waals surface area contributed by atoms with Gasteiger partial charge in [0.2, 0.25) is 0 Å². The fourth-order valence-corrected chi connectivity index (χ4v) is 1.27. The highest BCUT2D eigenvalue weighted by molar-refractivity contribution is 5.96. The lowest BCUT2D eigenvalue weighted by Gasteiger charge is -2.07. The van der Waals surface area contributed by atoms with E-state index in [9.17, 15) is 9.59 Å². The van der Waals surface area contributed by atoms with Gasteiger partial charge in [-0.25, -0.2) is 9.59 Å². The molecule has 4 heteroatoms. The van der Waals surface area contributed by atoms with Crippen LogP contribution in [0.5, 0.6) is 0 Å². The lowest BCUT2D eigenvalue weighted by Crippen LogP contribution is -2.12. The van der Waals surface area contributed by atoms with E-state index in [0.717, 1.165) is 25.7 Å². The molecule has 0 amide bonds. The van der Waals surface area contributed by atoms with Gasteiger partial charge in [0.1, 0.15) is 0 Å². The molecule has 0 aliphatic rings. The number of carbonyl (C=O) groups is 2. The number of carbonyl (C=O) groups excluding carboxylic acids is 2. The third-order valence-electron chi connectivity index (χ3n) is 2.24. The van der Waals surface area contributed by atoms with E-state index in [2.05, 4.69) is 0 Å². The zero-order chi connectivity index (χ0) is 13.8. The fourth-order valence-electron chi connectivity index (χ4n) is 1.27. The predicted octanol–water partition coefficient (Wildman–Crippen LogP) is 3.01. The minimum Gasteiger partial charge on any atom is -0.463 e. The van der Waals surface area contributed by atoms with Crippen LogP contribution in [0.1, 0.15) is 52.9 Å². The van der Waals surface area contributed by atoms with Crippen molar-refractivity contribution in [3.63, 3.8) is 0 Å². The first-order valence-corrected chi connectivity index (χ1v) is 6.70. The normalized spacial score (nSPS) is 11.2. The summed E-state index contributed by atoms with van der Waals surface area (Å²) < 4.78 is 9.97. The molecular weight excluding hydrogens is 232 g/mol. The molecule has 4 nitrogen and oxygen atoms in total. The number of hydrogen-bond acceptors (Lipinski definition) is 4. The minimum absolute atomic E-state index is 0.375. The van der Waals surface area contributed by atoms with Gasteiger partial charge in [0.15, 0.2) is 0 Å². The molecule has 0 N–H and O–H groups in total. The molecule has 0 aromatic carbocycles. The molecule has 0 aliphatic carbocycles. The van der Waals surface area contributed by atoms with Gasteiger partial charge in [-0.1, -0.05) is 27.2 Å². The van der Waals surface area contributed by atoms with Gasteiger partial charge in [0.25, 0.3) is 0 Å². The molecule has 0 saturated carbocycles. The van der Waals surface area contributed by atoms with Crippen LogP contribution in [0.15, 0.2) is 11.6 Å². The molecule has 0 atom stereocenters. The summed E-state index contributed by atoms with van der Waals surface area (Å²) in [4.78, 5) is 23.2. The summed E-state index contributed by atoms with van der Waals surface area (Å²) in [6, 6.07) is 0. The predicted molar refractivity (Wildman–Crippen MR) is 70.1 cm³/mol. The van der Waals surface area contributed by atoms with Crippen molar-refractivity contribution in [1.29, 1.82) is 0 Å². The summed E-state index contributed by atoms with van der Waals surface area (Å²) in [6.45, 7) is 6.64. The van der Waals surface area contributed by atoms with E-state index < -0.39 is 11.9 Å². The molecule has 0 rings (SSSR count). The van der Waals surface area contributed by atoms with Crippen molar-refractivity contribution in [2.24, 2.45) is 0 Å². The Balaban J connectivity index is 4.48. The van der Waals surface area contributed by atoms with Crippen LogP contribution in [0.4, 0.5) is 0 Å². The Hall–Kier alpha value is -1.32. The topological polar surface area (TPSA) is 52.6 Å². The Morgan fingerprint density at radius 3 is 2.11 bits per heavy atom. The maximum Gasteiger partial charge on any atom is 0.334 e. The smallest absolute Gasteiger partial charge is 0.334 e.